The van der Waals surface area contributed by atoms with E-state index in [1.54, 1.807) is 7.11 Å². The van der Waals surface area contributed by atoms with Crippen molar-refractivity contribution in [3.63, 3.8) is 0 Å². The Balaban J connectivity index is 2.35. The van der Waals surface area contributed by atoms with E-state index in [1.165, 1.54) is 25.7 Å². The number of nitrogens with two attached hydrogens (primary N) is 1. The van der Waals surface area contributed by atoms with E-state index in [0.717, 1.165) is 13.1 Å². The lowest BCUT2D eigenvalue weighted by Crippen LogP contribution is -2.47. The molecule has 1 aliphatic carbocycles. The van der Waals surface area contributed by atoms with Gasteiger partial charge in [-0.3, -0.25) is 0 Å². The Morgan fingerprint density at radius 2 is 2.00 bits per heavy atom. The normalized spacial score (nSPS) is 28.0. The van der Waals surface area contributed by atoms with E-state index in [4.69, 9.17) is 10.5 Å². The van der Waals surface area contributed by atoms with Crippen LogP contribution in [0.5, 0.6) is 0 Å². The van der Waals surface area contributed by atoms with Crippen molar-refractivity contribution >= 4 is 0 Å². The molecule has 0 heterocycles. The van der Waals surface area contributed by atoms with Gasteiger partial charge in [0, 0.05) is 19.7 Å². The van der Waals surface area contributed by atoms with E-state index in [1.807, 2.05) is 0 Å². The quantitative estimate of drug-likeness (QED) is 0.729. The molecule has 3 nitrogen and oxygen atoms in total. The summed E-state index contributed by atoms with van der Waals surface area (Å²) in [6.07, 6.45) is 5.22. The molecule has 1 fully saturated rings. The fourth-order valence-electron chi connectivity index (χ4n) is 2.21. The van der Waals surface area contributed by atoms with Crippen molar-refractivity contribution in [2.24, 2.45) is 11.7 Å². The molecule has 0 aromatic heterocycles. The Hall–Kier alpha value is -0.120. The standard InChI is InChI=1S/C12H26N2O/c1-12(2,15-3)9-14-11-7-5-4-6-10(11)8-13/h10-11,14H,4-9,13H2,1-3H3. The molecular weight excluding hydrogens is 188 g/mol. The molecule has 0 bridgehead atoms. The first-order chi connectivity index (χ1) is 7.09. The fourth-order valence-corrected chi connectivity index (χ4v) is 2.21. The van der Waals surface area contributed by atoms with Crippen molar-refractivity contribution in [1.82, 2.24) is 5.32 Å². The summed E-state index contributed by atoms with van der Waals surface area (Å²) in [6, 6.07) is 0.596. The maximum absolute atomic E-state index is 5.79. The summed E-state index contributed by atoms with van der Waals surface area (Å²) >= 11 is 0. The van der Waals surface area contributed by atoms with E-state index in [9.17, 15) is 0 Å². The van der Waals surface area contributed by atoms with Crippen LogP contribution >= 0.6 is 0 Å². The highest BCUT2D eigenvalue weighted by Crippen LogP contribution is 2.23. The largest absolute Gasteiger partial charge is 0.377 e. The third kappa shape index (κ3) is 4.09. The summed E-state index contributed by atoms with van der Waals surface area (Å²) < 4.78 is 5.40. The SMILES string of the molecule is COC(C)(C)CNC1CCCCC1CN. The molecule has 0 aliphatic heterocycles. The smallest absolute Gasteiger partial charge is 0.0746 e. The molecule has 1 aliphatic rings. The highest BCUT2D eigenvalue weighted by atomic mass is 16.5. The van der Waals surface area contributed by atoms with Gasteiger partial charge in [0.15, 0.2) is 0 Å². The van der Waals surface area contributed by atoms with Crippen LogP contribution in [0.3, 0.4) is 0 Å². The highest BCUT2D eigenvalue weighted by molar-refractivity contribution is 4.84. The molecule has 0 aromatic rings. The van der Waals surface area contributed by atoms with Crippen LogP contribution in [-0.2, 0) is 4.74 Å². The van der Waals surface area contributed by atoms with Crippen molar-refractivity contribution < 1.29 is 4.74 Å². The molecular formula is C12H26N2O. The average molecular weight is 214 g/mol. The number of nitrogens with one attached hydrogen (secondary N) is 1. The zero-order chi connectivity index (χ0) is 11.3. The van der Waals surface area contributed by atoms with Gasteiger partial charge in [0.25, 0.3) is 0 Å². The summed E-state index contributed by atoms with van der Waals surface area (Å²) in [7, 11) is 1.77. The molecule has 15 heavy (non-hydrogen) atoms. The van der Waals surface area contributed by atoms with Crippen LogP contribution in [0.1, 0.15) is 39.5 Å². The van der Waals surface area contributed by atoms with Crippen LogP contribution in [0.4, 0.5) is 0 Å². The Bertz CT molecular complexity index is 182. The summed E-state index contributed by atoms with van der Waals surface area (Å²) in [5.74, 6) is 0.659. The van der Waals surface area contributed by atoms with Crippen molar-refractivity contribution in [2.75, 3.05) is 20.2 Å². The minimum absolute atomic E-state index is 0.0728. The second-order valence-electron chi connectivity index (χ2n) is 5.23. The molecule has 0 aromatic carbocycles. The molecule has 90 valence electrons. The third-order valence-corrected chi connectivity index (χ3v) is 3.55. The second-order valence-corrected chi connectivity index (χ2v) is 5.23. The van der Waals surface area contributed by atoms with E-state index in [-0.39, 0.29) is 5.60 Å². The topological polar surface area (TPSA) is 47.3 Å². The van der Waals surface area contributed by atoms with Crippen LogP contribution in [0.25, 0.3) is 0 Å². The molecule has 3 heteroatoms. The first kappa shape index (κ1) is 12.9. The fraction of sp³-hybridized carbons (Fsp3) is 1.00. The lowest BCUT2D eigenvalue weighted by atomic mass is 9.84. The molecule has 2 atom stereocenters. The maximum atomic E-state index is 5.79. The molecule has 0 saturated heterocycles. The van der Waals surface area contributed by atoms with Crippen molar-refractivity contribution in [3.8, 4) is 0 Å². The van der Waals surface area contributed by atoms with Crippen LogP contribution in [0.2, 0.25) is 0 Å². The van der Waals surface area contributed by atoms with E-state index in [0.29, 0.717) is 12.0 Å². The first-order valence-electron chi connectivity index (χ1n) is 6.07. The molecule has 1 saturated carbocycles. The first-order valence-corrected chi connectivity index (χ1v) is 6.07. The third-order valence-electron chi connectivity index (χ3n) is 3.55. The predicted molar refractivity (Wildman–Crippen MR) is 63.9 cm³/mol. The zero-order valence-electron chi connectivity index (χ0n) is 10.4. The van der Waals surface area contributed by atoms with E-state index < -0.39 is 0 Å². The van der Waals surface area contributed by atoms with Gasteiger partial charge in [0.2, 0.25) is 0 Å². The predicted octanol–water partition coefficient (Wildman–Crippen LogP) is 1.52. The molecule has 2 unspecified atom stereocenters. The van der Waals surface area contributed by atoms with E-state index in [2.05, 4.69) is 19.2 Å². The number of methoxy groups -OCH3 is 1. The van der Waals surface area contributed by atoms with Crippen molar-refractivity contribution in [1.29, 1.82) is 0 Å². The molecule has 1 rings (SSSR count). The van der Waals surface area contributed by atoms with Gasteiger partial charge in [0.1, 0.15) is 0 Å². The van der Waals surface area contributed by atoms with Gasteiger partial charge in [-0.05, 0) is 39.2 Å². The minimum Gasteiger partial charge on any atom is -0.377 e. The molecule has 0 spiro atoms. The lowest BCUT2D eigenvalue weighted by molar-refractivity contribution is 0.0181. The van der Waals surface area contributed by atoms with E-state index >= 15 is 0 Å². The van der Waals surface area contributed by atoms with Crippen LogP contribution in [0.15, 0.2) is 0 Å². The van der Waals surface area contributed by atoms with Crippen molar-refractivity contribution in [3.05, 3.63) is 0 Å². The zero-order valence-corrected chi connectivity index (χ0v) is 10.4. The van der Waals surface area contributed by atoms with Gasteiger partial charge in [-0.2, -0.15) is 0 Å². The van der Waals surface area contributed by atoms with Gasteiger partial charge in [0.05, 0.1) is 5.60 Å². The summed E-state index contributed by atoms with van der Waals surface area (Å²) in [4.78, 5) is 0. The van der Waals surface area contributed by atoms with Gasteiger partial charge in [-0.15, -0.1) is 0 Å². The number of rotatable bonds is 5. The second kappa shape index (κ2) is 5.83. The molecule has 0 amide bonds. The van der Waals surface area contributed by atoms with Gasteiger partial charge in [-0.25, -0.2) is 0 Å². The number of ether oxygens (including phenoxy) is 1. The van der Waals surface area contributed by atoms with Crippen LogP contribution < -0.4 is 11.1 Å². The maximum Gasteiger partial charge on any atom is 0.0746 e. The van der Waals surface area contributed by atoms with Crippen LogP contribution in [-0.4, -0.2) is 31.8 Å². The summed E-state index contributed by atoms with van der Waals surface area (Å²) in [6.45, 7) is 5.94. The Morgan fingerprint density at radius 3 is 2.60 bits per heavy atom. The Labute approximate surface area is 93.8 Å². The summed E-state index contributed by atoms with van der Waals surface area (Å²) in [5, 5.41) is 3.61. The Kier molecular flexibility index (Phi) is 5.03. The molecule has 3 N–H and O–H groups in total. The monoisotopic (exact) mass is 214 g/mol. The van der Waals surface area contributed by atoms with Gasteiger partial charge < -0.3 is 15.8 Å². The van der Waals surface area contributed by atoms with Gasteiger partial charge >= 0.3 is 0 Å². The lowest BCUT2D eigenvalue weighted by Gasteiger charge is -2.34. The summed E-state index contributed by atoms with van der Waals surface area (Å²) in [5.41, 5.74) is 5.72. The highest BCUT2D eigenvalue weighted by Gasteiger charge is 2.25. The van der Waals surface area contributed by atoms with Crippen molar-refractivity contribution in [2.45, 2.75) is 51.2 Å². The minimum atomic E-state index is -0.0728. The van der Waals surface area contributed by atoms with Crippen LogP contribution in [0, 0.1) is 5.92 Å². The number of hydrogen-bond acceptors (Lipinski definition) is 3. The Morgan fingerprint density at radius 1 is 1.33 bits per heavy atom. The molecule has 0 radical (unpaired) electrons. The average Bonchev–Trinajstić information content (AvgIpc) is 2.27. The van der Waals surface area contributed by atoms with Gasteiger partial charge in [-0.1, -0.05) is 12.8 Å². The number of hydrogen-bond donors (Lipinski definition) is 2.